The molecule has 0 fully saturated rings. The third-order valence-electron chi connectivity index (χ3n) is 4.94. The van der Waals surface area contributed by atoms with Crippen LogP contribution in [0.15, 0.2) is 47.6 Å². The van der Waals surface area contributed by atoms with E-state index in [-0.39, 0.29) is 11.5 Å². The first-order valence-electron chi connectivity index (χ1n) is 9.33. The minimum Gasteiger partial charge on any atom is -0.493 e. The molecule has 0 N–H and O–H groups in total. The quantitative estimate of drug-likeness (QED) is 0.721. The predicted octanol–water partition coefficient (Wildman–Crippen LogP) is 5.03. The van der Waals surface area contributed by atoms with Crippen molar-refractivity contribution in [3.8, 4) is 5.75 Å². The Kier molecular flexibility index (Phi) is 5.10. The number of hydrogen-bond acceptors (Lipinski definition) is 4. The van der Waals surface area contributed by atoms with E-state index in [0.29, 0.717) is 30.2 Å². The van der Waals surface area contributed by atoms with Gasteiger partial charge in [-0.2, -0.15) is 5.10 Å². The first-order valence-corrected chi connectivity index (χ1v) is 10.2. The molecule has 2 aliphatic rings. The van der Waals surface area contributed by atoms with Gasteiger partial charge in [-0.25, -0.2) is 13.8 Å². The normalized spacial score (nSPS) is 20.7. The molecule has 0 radical (unpaired) electrons. The number of halogens is 2. The third kappa shape index (κ3) is 3.17. The van der Waals surface area contributed by atoms with Crippen molar-refractivity contribution in [2.24, 2.45) is 5.10 Å². The molecule has 1 spiro atoms. The monoisotopic (exact) mass is 402 g/mol. The standard InChI is InChI=1S/C21H20F2N2O2S/c1-2-3-8-19(26)25-21(11-12-27-18-7-5-4-6-16(18)21)28-20(24-25)15-13-14(22)9-10-17(15)23/h4-7,9-10,13H,2-3,8,11-12H2,1H3/t21-/m0/s1. The van der Waals surface area contributed by atoms with E-state index in [9.17, 15) is 13.6 Å². The highest BCUT2D eigenvalue weighted by atomic mass is 32.2. The summed E-state index contributed by atoms with van der Waals surface area (Å²) in [4.78, 5) is 12.2. The molecule has 1 atom stereocenters. The summed E-state index contributed by atoms with van der Waals surface area (Å²) in [7, 11) is 0. The SMILES string of the molecule is CCCCC(=O)N1N=C(c2cc(F)ccc2F)S[C@]12CCOc1ccccc12. The number of hydrogen-bond donors (Lipinski definition) is 0. The number of carbonyl (C=O) groups is 1. The number of para-hydroxylation sites is 1. The second-order valence-corrected chi connectivity index (χ2v) is 8.09. The van der Waals surface area contributed by atoms with Crippen LogP contribution in [0.5, 0.6) is 5.75 Å². The maximum Gasteiger partial charge on any atom is 0.244 e. The van der Waals surface area contributed by atoms with Crippen LogP contribution in [0.25, 0.3) is 0 Å². The fourth-order valence-electron chi connectivity index (χ4n) is 3.53. The fraction of sp³-hybridized carbons (Fsp3) is 0.333. The van der Waals surface area contributed by atoms with Gasteiger partial charge in [0.25, 0.3) is 0 Å². The zero-order chi connectivity index (χ0) is 19.7. The maximum atomic E-state index is 14.4. The van der Waals surface area contributed by atoms with Gasteiger partial charge in [0.15, 0.2) is 0 Å². The number of unbranched alkanes of at least 4 members (excludes halogenated alkanes) is 1. The smallest absolute Gasteiger partial charge is 0.244 e. The van der Waals surface area contributed by atoms with E-state index in [1.807, 2.05) is 31.2 Å². The first kappa shape index (κ1) is 18.9. The van der Waals surface area contributed by atoms with Crippen LogP contribution in [-0.2, 0) is 9.67 Å². The summed E-state index contributed by atoms with van der Waals surface area (Å²) in [6.45, 7) is 2.43. The molecule has 2 heterocycles. The Hall–Kier alpha value is -2.41. The largest absolute Gasteiger partial charge is 0.493 e. The average Bonchev–Trinajstić information content (AvgIpc) is 3.08. The Morgan fingerprint density at radius 1 is 1.29 bits per heavy atom. The van der Waals surface area contributed by atoms with Crippen molar-refractivity contribution < 1.29 is 18.3 Å². The number of fused-ring (bicyclic) bond motifs is 2. The Labute approximate surface area is 166 Å². The van der Waals surface area contributed by atoms with E-state index >= 15 is 0 Å². The van der Waals surface area contributed by atoms with Crippen molar-refractivity contribution in [1.82, 2.24) is 5.01 Å². The Bertz CT molecular complexity index is 950. The highest BCUT2D eigenvalue weighted by molar-refractivity contribution is 8.15. The van der Waals surface area contributed by atoms with E-state index in [2.05, 4.69) is 5.10 Å². The van der Waals surface area contributed by atoms with Gasteiger partial charge < -0.3 is 4.74 Å². The van der Waals surface area contributed by atoms with Crippen LogP contribution in [0.3, 0.4) is 0 Å². The van der Waals surface area contributed by atoms with Gasteiger partial charge in [-0.05, 0) is 30.7 Å². The highest BCUT2D eigenvalue weighted by Crippen LogP contribution is 2.54. The van der Waals surface area contributed by atoms with Gasteiger partial charge in [-0.1, -0.05) is 43.3 Å². The van der Waals surface area contributed by atoms with Gasteiger partial charge in [0.1, 0.15) is 27.3 Å². The second-order valence-electron chi connectivity index (χ2n) is 6.82. The van der Waals surface area contributed by atoms with Gasteiger partial charge in [-0.15, -0.1) is 0 Å². The van der Waals surface area contributed by atoms with E-state index in [0.717, 1.165) is 36.6 Å². The van der Waals surface area contributed by atoms with E-state index in [1.165, 1.54) is 16.8 Å². The molecule has 2 aliphatic heterocycles. The number of benzene rings is 2. The lowest BCUT2D eigenvalue weighted by molar-refractivity contribution is -0.135. The van der Waals surface area contributed by atoms with Crippen molar-refractivity contribution in [2.75, 3.05) is 6.61 Å². The second kappa shape index (κ2) is 7.54. The lowest BCUT2D eigenvalue weighted by Crippen LogP contribution is -2.44. The molecular weight excluding hydrogens is 382 g/mol. The van der Waals surface area contributed by atoms with Crippen LogP contribution >= 0.6 is 11.8 Å². The number of hydrazone groups is 1. The highest BCUT2D eigenvalue weighted by Gasteiger charge is 2.51. The fourth-order valence-corrected chi connectivity index (χ4v) is 4.93. The molecule has 28 heavy (non-hydrogen) atoms. The number of carbonyl (C=O) groups excluding carboxylic acids is 1. The van der Waals surface area contributed by atoms with Gasteiger partial charge in [0.05, 0.1) is 6.61 Å². The number of rotatable bonds is 4. The molecule has 0 bridgehead atoms. The summed E-state index contributed by atoms with van der Waals surface area (Å²) in [6, 6.07) is 10.8. The topological polar surface area (TPSA) is 41.9 Å². The minimum atomic E-state index is -0.812. The Balaban J connectivity index is 1.81. The van der Waals surface area contributed by atoms with Crippen LogP contribution in [-0.4, -0.2) is 22.6 Å². The van der Waals surface area contributed by atoms with Crippen molar-refractivity contribution >= 4 is 22.7 Å². The molecule has 7 heteroatoms. The molecule has 0 saturated heterocycles. The third-order valence-corrected chi connectivity index (χ3v) is 6.37. The summed E-state index contributed by atoms with van der Waals surface area (Å²) in [6.07, 6.45) is 2.49. The molecule has 4 rings (SSSR count). The van der Waals surface area contributed by atoms with Crippen LogP contribution in [0.4, 0.5) is 8.78 Å². The molecule has 0 aliphatic carbocycles. The van der Waals surface area contributed by atoms with Crippen molar-refractivity contribution in [3.05, 3.63) is 65.2 Å². The maximum absolute atomic E-state index is 14.4. The average molecular weight is 402 g/mol. The lowest BCUT2D eigenvalue weighted by Gasteiger charge is -2.39. The zero-order valence-electron chi connectivity index (χ0n) is 15.5. The predicted molar refractivity (Wildman–Crippen MR) is 105 cm³/mol. The van der Waals surface area contributed by atoms with Crippen LogP contribution in [0, 0.1) is 11.6 Å². The van der Waals surface area contributed by atoms with Gasteiger partial charge >= 0.3 is 0 Å². The van der Waals surface area contributed by atoms with E-state index < -0.39 is 16.5 Å². The number of amides is 1. The summed E-state index contributed by atoms with van der Waals surface area (Å²) >= 11 is 1.29. The molecule has 0 saturated carbocycles. The Morgan fingerprint density at radius 2 is 2.11 bits per heavy atom. The number of nitrogens with zero attached hydrogens (tertiary/aromatic N) is 2. The van der Waals surface area contributed by atoms with Crippen molar-refractivity contribution in [2.45, 2.75) is 37.5 Å². The summed E-state index contributed by atoms with van der Waals surface area (Å²) in [5.41, 5.74) is 0.894. The molecule has 2 aromatic carbocycles. The summed E-state index contributed by atoms with van der Waals surface area (Å²) in [5.74, 6) is -0.550. The molecular formula is C21H20F2N2O2S. The number of thioether (sulfide) groups is 1. The lowest BCUT2D eigenvalue weighted by atomic mass is 9.98. The number of ether oxygens (including phenoxy) is 1. The first-order chi connectivity index (χ1) is 13.5. The Morgan fingerprint density at radius 3 is 2.93 bits per heavy atom. The van der Waals surface area contributed by atoms with E-state index in [4.69, 9.17) is 4.74 Å². The van der Waals surface area contributed by atoms with Crippen LogP contribution < -0.4 is 4.74 Å². The molecule has 0 aromatic heterocycles. The summed E-state index contributed by atoms with van der Waals surface area (Å²) in [5, 5.41) is 6.26. The minimum absolute atomic E-state index is 0.0686. The molecule has 146 valence electrons. The van der Waals surface area contributed by atoms with Gasteiger partial charge in [0, 0.05) is 24.0 Å². The molecule has 1 amide bonds. The van der Waals surface area contributed by atoms with E-state index in [1.54, 1.807) is 0 Å². The van der Waals surface area contributed by atoms with Crippen molar-refractivity contribution in [1.29, 1.82) is 0 Å². The zero-order valence-corrected chi connectivity index (χ0v) is 16.3. The molecule has 0 unspecified atom stereocenters. The van der Waals surface area contributed by atoms with Gasteiger partial charge in [0.2, 0.25) is 5.91 Å². The molecule has 4 nitrogen and oxygen atoms in total. The summed E-state index contributed by atoms with van der Waals surface area (Å²) < 4.78 is 33.9. The van der Waals surface area contributed by atoms with Crippen LogP contribution in [0.2, 0.25) is 0 Å². The van der Waals surface area contributed by atoms with Crippen LogP contribution in [0.1, 0.15) is 43.7 Å². The van der Waals surface area contributed by atoms with Gasteiger partial charge in [-0.3, -0.25) is 4.79 Å². The molecule has 2 aromatic rings. The van der Waals surface area contributed by atoms with Crippen molar-refractivity contribution in [3.63, 3.8) is 0 Å².